The standard InChI is InChI=1S/C9H12/c1-9-7-5-3-2-4-6-8-9/h2-3,5,7H,1,4,6,8H2/b3-2-,7-5+. The van der Waals surface area contributed by atoms with E-state index in [-0.39, 0.29) is 0 Å². The highest BCUT2D eigenvalue weighted by Gasteiger charge is 1.89. The highest BCUT2D eigenvalue weighted by molar-refractivity contribution is 5.20. The smallest absolute Gasteiger partial charge is 0.0282 e. The van der Waals surface area contributed by atoms with Crippen LogP contribution in [0.15, 0.2) is 36.5 Å². The molecule has 0 heterocycles. The number of hydrogen-bond donors (Lipinski definition) is 0. The van der Waals surface area contributed by atoms with Gasteiger partial charge in [0.15, 0.2) is 0 Å². The topological polar surface area (TPSA) is 0 Å². The maximum Gasteiger partial charge on any atom is -0.0282 e. The summed E-state index contributed by atoms with van der Waals surface area (Å²) in [4.78, 5) is 0. The van der Waals surface area contributed by atoms with E-state index in [9.17, 15) is 0 Å². The Labute approximate surface area is 56.6 Å². The molecule has 0 saturated heterocycles. The first-order chi connectivity index (χ1) is 4.39. The van der Waals surface area contributed by atoms with Crippen molar-refractivity contribution in [3.63, 3.8) is 0 Å². The first-order valence-electron chi connectivity index (χ1n) is 3.40. The highest BCUT2D eigenvalue weighted by Crippen LogP contribution is 2.09. The lowest BCUT2D eigenvalue weighted by Crippen LogP contribution is -1.78. The predicted molar refractivity (Wildman–Crippen MR) is 41.3 cm³/mol. The van der Waals surface area contributed by atoms with Crippen molar-refractivity contribution in [2.45, 2.75) is 19.3 Å². The van der Waals surface area contributed by atoms with Gasteiger partial charge in [0.25, 0.3) is 0 Å². The third-order valence-corrected chi connectivity index (χ3v) is 1.45. The summed E-state index contributed by atoms with van der Waals surface area (Å²) in [6.07, 6.45) is 12.0. The van der Waals surface area contributed by atoms with Crippen LogP contribution in [-0.2, 0) is 0 Å². The van der Waals surface area contributed by atoms with Crippen molar-refractivity contribution in [3.05, 3.63) is 36.5 Å². The highest BCUT2D eigenvalue weighted by atomic mass is 13.9. The molecule has 0 aliphatic heterocycles. The second-order valence-corrected chi connectivity index (χ2v) is 2.34. The summed E-state index contributed by atoms with van der Waals surface area (Å²) in [6, 6.07) is 0. The lowest BCUT2D eigenvalue weighted by Gasteiger charge is -1.98. The predicted octanol–water partition coefficient (Wildman–Crippen LogP) is 2.84. The molecule has 0 heteroatoms. The van der Waals surface area contributed by atoms with Crippen molar-refractivity contribution < 1.29 is 0 Å². The molecule has 0 radical (unpaired) electrons. The molecule has 0 nitrogen and oxygen atoms in total. The van der Waals surface area contributed by atoms with Crippen LogP contribution < -0.4 is 0 Å². The van der Waals surface area contributed by atoms with Crippen LogP contribution in [0.3, 0.4) is 0 Å². The zero-order valence-electron chi connectivity index (χ0n) is 5.64. The molecule has 1 aliphatic carbocycles. The van der Waals surface area contributed by atoms with Gasteiger partial charge in [0, 0.05) is 0 Å². The van der Waals surface area contributed by atoms with E-state index in [4.69, 9.17) is 0 Å². The van der Waals surface area contributed by atoms with Crippen LogP contribution in [-0.4, -0.2) is 0 Å². The van der Waals surface area contributed by atoms with E-state index >= 15 is 0 Å². The Hall–Kier alpha value is -0.780. The molecule has 1 rings (SSSR count). The Morgan fingerprint density at radius 3 is 3.11 bits per heavy atom. The zero-order chi connectivity index (χ0) is 6.53. The SMILES string of the molecule is C=C1/C=C/C=C\CCC1. The molecule has 0 saturated carbocycles. The summed E-state index contributed by atoms with van der Waals surface area (Å²) in [5.74, 6) is 0. The average molecular weight is 120 g/mol. The van der Waals surface area contributed by atoms with Gasteiger partial charge in [-0.25, -0.2) is 0 Å². The number of rotatable bonds is 0. The van der Waals surface area contributed by atoms with Gasteiger partial charge in [0.05, 0.1) is 0 Å². The number of hydrogen-bond acceptors (Lipinski definition) is 0. The lowest BCUT2D eigenvalue weighted by molar-refractivity contribution is 0.845. The maximum absolute atomic E-state index is 3.90. The molecular formula is C9H12. The summed E-state index contributed by atoms with van der Waals surface area (Å²) < 4.78 is 0. The van der Waals surface area contributed by atoms with E-state index in [0.717, 1.165) is 6.42 Å². The summed E-state index contributed by atoms with van der Waals surface area (Å²) in [6.45, 7) is 3.90. The quantitative estimate of drug-likeness (QED) is 0.461. The first kappa shape index (κ1) is 6.34. The molecule has 0 N–H and O–H groups in total. The Kier molecular flexibility index (Phi) is 2.32. The van der Waals surface area contributed by atoms with Crippen LogP contribution in [0.1, 0.15) is 19.3 Å². The molecule has 0 aromatic carbocycles. The third-order valence-electron chi connectivity index (χ3n) is 1.45. The van der Waals surface area contributed by atoms with E-state index in [0.29, 0.717) is 0 Å². The van der Waals surface area contributed by atoms with E-state index in [1.165, 1.54) is 18.4 Å². The summed E-state index contributed by atoms with van der Waals surface area (Å²) in [5, 5.41) is 0. The first-order valence-corrected chi connectivity index (χ1v) is 3.40. The van der Waals surface area contributed by atoms with E-state index in [1.807, 2.05) is 0 Å². The minimum Gasteiger partial charge on any atom is -0.0958 e. The van der Waals surface area contributed by atoms with Crippen molar-refractivity contribution in [2.24, 2.45) is 0 Å². The van der Waals surface area contributed by atoms with Crippen molar-refractivity contribution in [3.8, 4) is 0 Å². The van der Waals surface area contributed by atoms with Gasteiger partial charge in [0.1, 0.15) is 0 Å². The van der Waals surface area contributed by atoms with Gasteiger partial charge in [-0.1, -0.05) is 36.5 Å². The molecule has 0 spiro atoms. The Bertz CT molecular complexity index is 149. The molecule has 48 valence electrons. The molecule has 0 atom stereocenters. The maximum atomic E-state index is 3.90. The second-order valence-electron chi connectivity index (χ2n) is 2.34. The molecule has 0 amide bonds. The normalized spacial score (nSPS) is 26.4. The van der Waals surface area contributed by atoms with E-state index in [1.54, 1.807) is 0 Å². The van der Waals surface area contributed by atoms with Gasteiger partial charge in [-0.15, -0.1) is 0 Å². The summed E-state index contributed by atoms with van der Waals surface area (Å²) >= 11 is 0. The zero-order valence-corrected chi connectivity index (χ0v) is 5.64. The van der Waals surface area contributed by atoms with Gasteiger partial charge in [0.2, 0.25) is 0 Å². The van der Waals surface area contributed by atoms with Crippen molar-refractivity contribution in [1.29, 1.82) is 0 Å². The van der Waals surface area contributed by atoms with Gasteiger partial charge in [-0.3, -0.25) is 0 Å². The Balaban J connectivity index is 2.54. The van der Waals surface area contributed by atoms with Gasteiger partial charge >= 0.3 is 0 Å². The monoisotopic (exact) mass is 120 g/mol. The van der Waals surface area contributed by atoms with Crippen molar-refractivity contribution >= 4 is 0 Å². The second kappa shape index (κ2) is 3.29. The van der Waals surface area contributed by atoms with Gasteiger partial charge in [-0.2, -0.15) is 0 Å². The molecule has 0 unspecified atom stereocenters. The fourth-order valence-corrected chi connectivity index (χ4v) is 0.897. The summed E-state index contributed by atoms with van der Waals surface area (Å²) in [5.41, 5.74) is 1.25. The van der Waals surface area contributed by atoms with Crippen molar-refractivity contribution in [2.75, 3.05) is 0 Å². The van der Waals surface area contributed by atoms with E-state index < -0.39 is 0 Å². The van der Waals surface area contributed by atoms with Gasteiger partial charge < -0.3 is 0 Å². The van der Waals surface area contributed by atoms with Crippen LogP contribution >= 0.6 is 0 Å². The minimum absolute atomic E-state index is 1.15. The van der Waals surface area contributed by atoms with Crippen LogP contribution in [0.2, 0.25) is 0 Å². The van der Waals surface area contributed by atoms with Gasteiger partial charge in [-0.05, 0) is 19.3 Å². The molecule has 9 heavy (non-hydrogen) atoms. The molecule has 0 aromatic rings. The summed E-state index contributed by atoms with van der Waals surface area (Å²) in [7, 11) is 0. The molecule has 0 bridgehead atoms. The molecular weight excluding hydrogens is 108 g/mol. The minimum atomic E-state index is 1.15. The molecule has 0 fully saturated rings. The van der Waals surface area contributed by atoms with Crippen LogP contribution in [0.4, 0.5) is 0 Å². The fourth-order valence-electron chi connectivity index (χ4n) is 0.897. The molecule has 0 aromatic heterocycles. The van der Waals surface area contributed by atoms with E-state index in [2.05, 4.69) is 30.9 Å². The van der Waals surface area contributed by atoms with Crippen LogP contribution in [0.25, 0.3) is 0 Å². The fraction of sp³-hybridized carbons (Fsp3) is 0.333. The Morgan fingerprint density at radius 1 is 1.33 bits per heavy atom. The average Bonchev–Trinajstić information content (AvgIpc) is 1.79. The Morgan fingerprint density at radius 2 is 2.22 bits per heavy atom. The lowest BCUT2D eigenvalue weighted by atomic mass is 10.1. The van der Waals surface area contributed by atoms with Crippen molar-refractivity contribution in [1.82, 2.24) is 0 Å². The number of allylic oxidation sites excluding steroid dienone is 5. The van der Waals surface area contributed by atoms with Crippen LogP contribution in [0.5, 0.6) is 0 Å². The largest absolute Gasteiger partial charge is 0.0958 e. The third kappa shape index (κ3) is 2.31. The molecule has 1 aliphatic rings. The van der Waals surface area contributed by atoms with Crippen LogP contribution in [0, 0.1) is 0 Å².